The van der Waals surface area contributed by atoms with Crippen LogP contribution in [0.2, 0.25) is 0 Å². The van der Waals surface area contributed by atoms with Gasteiger partial charge in [-0.3, -0.25) is 9.56 Å². The molecule has 1 aliphatic rings. The van der Waals surface area contributed by atoms with Crippen LogP contribution in [-0.4, -0.2) is 15.0 Å². The Morgan fingerprint density at radius 2 is 1.07 bits per heavy atom. The van der Waals surface area contributed by atoms with E-state index in [0.717, 1.165) is 90.1 Å². The van der Waals surface area contributed by atoms with Gasteiger partial charge in [0.2, 0.25) is 0 Å². The molecule has 14 aromatic rings. The van der Waals surface area contributed by atoms with E-state index in [1.165, 1.54) is 60.0 Å². The molecule has 326 valence electrons. The second-order valence-corrected chi connectivity index (χ2v) is 18.9. The zero-order chi connectivity index (χ0) is 45.3. The first-order valence-electron chi connectivity index (χ1n) is 24.1. The Hall–Kier alpha value is -8.67. The first kappa shape index (κ1) is 38.4. The zero-order valence-electron chi connectivity index (χ0n) is 37.9. The van der Waals surface area contributed by atoms with Crippen molar-refractivity contribution in [2.45, 2.75) is 25.8 Å². The molecule has 2 atom stereocenters. The van der Waals surface area contributed by atoms with E-state index in [-0.39, 0.29) is 12.0 Å². The maximum absolute atomic E-state index is 7.30. The van der Waals surface area contributed by atoms with Crippen LogP contribution >= 0.6 is 0 Å². The monoisotopic (exact) mass is 885 g/mol. The summed E-state index contributed by atoms with van der Waals surface area (Å²) < 4.78 is 18.8. The van der Waals surface area contributed by atoms with E-state index in [1.54, 1.807) is 0 Å². The number of benzene rings is 10. The van der Waals surface area contributed by atoms with Crippen molar-refractivity contribution >= 4 is 120 Å². The SMILES string of the molecule is CC1/C(c2cc(-n3c4ccccc4c4cc5ccccc5cc43)cc3c2oc2c4ccccc4ccc32)=C\CCC(n2c3ccccc3c3ccccc32)=NC1c1cccc2oc3ccccc3c12. The Kier molecular flexibility index (Phi) is 8.17. The summed E-state index contributed by atoms with van der Waals surface area (Å²) in [4.78, 5) is 6.05. The molecule has 69 heavy (non-hydrogen) atoms. The highest BCUT2D eigenvalue weighted by Gasteiger charge is 2.32. The predicted octanol–water partition coefficient (Wildman–Crippen LogP) is 17.5. The van der Waals surface area contributed by atoms with Crippen molar-refractivity contribution in [2.24, 2.45) is 10.9 Å². The molecule has 0 bridgehead atoms. The lowest BCUT2D eigenvalue weighted by molar-refractivity contribution is 0.577. The van der Waals surface area contributed by atoms with Crippen LogP contribution in [-0.2, 0) is 0 Å². The van der Waals surface area contributed by atoms with Gasteiger partial charge in [0.05, 0.1) is 28.1 Å². The lowest BCUT2D eigenvalue weighted by Gasteiger charge is -2.28. The number of hydrogen-bond acceptors (Lipinski definition) is 3. The van der Waals surface area contributed by atoms with Crippen LogP contribution in [0.25, 0.3) is 120 Å². The van der Waals surface area contributed by atoms with E-state index in [0.29, 0.717) is 0 Å². The third-order valence-electron chi connectivity index (χ3n) is 15.1. The van der Waals surface area contributed by atoms with Crippen LogP contribution in [0.5, 0.6) is 0 Å². The third-order valence-corrected chi connectivity index (χ3v) is 15.1. The molecule has 1 aliphatic heterocycles. The van der Waals surface area contributed by atoms with Crippen LogP contribution < -0.4 is 0 Å². The van der Waals surface area contributed by atoms with Gasteiger partial charge in [0, 0.05) is 72.1 Å². The Bertz CT molecular complexity index is 4480. The van der Waals surface area contributed by atoms with Crippen molar-refractivity contribution in [3.05, 3.63) is 217 Å². The number of nitrogens with zero attached hydrogens (tertiary/aromatic N) is 3. The maximum Gasteiger partial charge on any atom is 0.143 e. The van der Waals surface area contributed by atoms with Gasteiger partial charge in [-0.15, -0.1) is 0 Å². The van der Waals surface area contributed by atoms with E-state index in [4.69, 9.17) is 13.8 Å². The number of hydrogen-bond donors (Lipinski definition) is 0. The van der Waals surface area contributed by atoms with Crippen molar-refractivity contribution in [3.63, 3.8) is 0 Å². The standard InChI is InChI=1S/C64H43N3O2/c1-38-43(24-15-31-60(67-55-27-11-6-20-45(55)46-21-7-12-28-56(46)67)65-62(38)50-25-14-30-59-61(50)49-23-9-13-29-58(49)68-59)52-36-42(37-53-48-33-32-39-16-4-5-19-44(39)63(48)69-64(52)53)66-54-26-10-8-22-47(54)51-34-40-17-2-3-18-41(40)35-57(51)66/h2-14,16-30,32-38,62H,15,31H2,1H3/b43-24+,65-60?. The van der Waals surface area contributed by atoms with Crippen LogP contribution in [0.4, 0.5) is 0 Å². The summed E-state index contributed by atoms with van der Waals surface area (Å²) in [6, 6.07) is 72.3. The smallest absolute Gasteiger partial charge is 0.143 e. The average molecular weight is 886 g/mol. The third kappa shape index (κ3) is 5.62. The summed E-state index contributed by atoms with van der Waals surface area (Å²) in [7, 11) is 0. The fourth-order valence-corrected chi connectivity index (χ4v) is 12.0. The van der Waals surface area contributed by atoms with E-state index < -0.39 is 0 Å². The topological polar surface area (TPSA) is 48.5 Å². The van der Waals surface area contributed by atoms with Crippen molar-refractivity contribution in [3.8, 4) is 5.69 Å². The van der Waals surface area contributed by atoms with Gasteiger partial charge in [-0.1, -0.05) is 153 Å². The number of fused-ring (bicyclic) bond motifs is 15. The molecule has 5 heteroatoms. The predicted molar refractivity (Wildman–Crippen MR) is 288 cm³/mol. The summed E-state index contributed by atoms with van der Waals surface area (Å²) in [5, 5.41) is 14.1. The molecule has 0 spiro atoms. The van der Waals surface area contributed by atoms with E-state index in [2.05, 4.69) is 222 Å². The molecule has 0 saturated heterocycles. The summed E-state index contributed by atoms with van der Waals surface area (Å²) in [5.74, 6) is 0.953. The minimum atomic E-state index is -0.292. The maximum atomic E-state index is 7.30. The summed E-state index contributed by atoms with van der Waals surface area (Å²) in [5.41, 5.74) is 12.8. The summed E-state index contributed by atoms with van der Waals surface area (Å²) >= 11 is 0. The van der Waals surface area contributed by atoms with Gasteiger partial charge in [-0.25, -0.2) is 0 Å². The summed E-state index contributed by atoms with van der Waals surface area (Å²) in [6.07, 6.45) is 4.03. The van der Waals surface area contributed by atoms with Gasteiger partial charge in [-0.2, -0.15) is 0 Å². The number of aromatic nitrogens is 2. The van der Waals surface area contributed by atoms with Gasteiger partial charge in [0.25, 0.3) is 0 Å². The molecule has 2 unspecified atom stereocenters. The molecule has 0 N–H and O–H groups in total. The fourth-order valence-electron chi connectivity index (χ4n) is 12.0. The van der Waals surface area contributed by atoms with E-state index in [1.807, 2.05) is 0 Å². The second-order valence-electron chi connectivity index (χ2n) is 18.9. The van der Waals surface area contributed by atoms with Gasteiger partial charge in [0.15, 0.2) is 0 Å². The number of furan rings is 2. The van der Waals surface area contributed by atoms with Gasteiger partial charge < -0.3 is 13.4 Å². The molecular formula is C64H43N3O2. The van der Waals surface area contributed by atoms with Crippen LogP contribution in [0, 0.1) is 5.92 Å². The molecule has 0 fully saturated rings. The first-order chi connectivity index (χ1) is 34.1. The van der Waals surface area contributed by atoms with E-state index >= 15 is 0 Å². The van der Waals surface area contributed by atoms with Crippen LogP contribution in [0.1, 0.15) is 36.9 Å². The highest BCUT2D eigenvalue weighted by molar-refractivity contribution is 6.19. The lowest BCUT2D eigenvalue weighted by Crippen LogP contribution is -2.20. The zero-order valence-corrected chi connectivity index (χ0v) is 37.9. The molecule has 5 heterocycles. The minimum absolute atomic E-state index is 0.0989. The van der Waals surface area contributed by atoms with Gasteiger partial charge in [-0.05, 0) is 94.4 Å². The van der Waals surface area contributed by atoms with Crippen molar-refractivity contribution in [1.29, 1.82) is 0 Å². The number of aliphatic imine (C=N–C) groups is 1. The minimum Gasteiger partial charge on any atom is -0.456 e. The molecule has 0 aliphatic carbocycles. The van der Waals surface area contributed by atoms with Crippen LogP contribution in [0.15, 0.2) is 220 Å². The quantitative estimate of drug-likeness (QED) is 0.177. The number of para-hydroxylation sites is 4. The van der Waals surface area contributed by atoms with Crippen molar-refractivity contribution in [1.82, 2.24) is 9.13 Å². The van der Waals surface area contributed by atoms with Gasteiger partial charge >= 0.3 is 0 Å². The molecule has 4 aromatic heterocycles. The molecule has 15 rings (SSSR count). The van der Waals surface area contributed by atoms with Crippen LogP contribution in [0.3, 0.4) is 0 Å². The molecular weight excluding hydrogens is 843 g/mol. The fraction of sp³-hybridized carbons (Fsp3) is 0.0781. The van der Waals surface area contributed by atoms with E-state index in [9.17, 15) is 0 Å². The first-order valence-corrected chi connectivity index (χ1v) is 24.1. The molecule has 10 aromatic carbocycles. The molecule has 0 saturated carbocycles. The average Bonchev–Trinajstić information content (AvgIpc) is 4.15. The molecule has 0 radical (unpaired) electrons. The van der Waals surface area contributed by atoms with Crippen molar-refractivity contribution < 1.29 is 8.83 Å². The Labute approximate surface area is 396 Å². The molecule has 5 nitrogen and oxygen atoms in total. The Morgan fingerprint density at radius 3 is 1.84 bits per heavy atom. The van der Waals surface area contributed by atoms with Crippen molar-refractivity contribution in [2.75, 3.05) is 0 Å². The lowest BCUT2D eigenvalue weighted by atomic mass is 9.81. The largest absolute Gasteiger partial charge is 0.456 e. The second kappa shape index (κ2) is 14.7. The highest BCUT2D eigenvalue weighted by Crippen LogP contribution is 2.48. The summed E-state index contributed by atoms with van der Waals surface area (Å²) in [6.45, 7) is 2.37. The normalized spacial score (nSPS) is 16.7. The molecule has 0 amide bonds. The number of allylic oxidation sites excluding steroid dienone is 1. The Balaban J connectivity index is 1.02. The Morgan fingerprint density at radius 1 is 0.449 bits per heavy atom. The van der Waals surface area contributed by atoms with Gasteiger partial charge in [0.1, 0.15) is 28.2 Å². The highest BCUT2D eigenvalue weighted by atomic mass is 16.3. The number of rotatable bonds is 3.